The maximum Gasteiger partial charge on any atom is 0.416 e. The van der Waals surface area contributed by atoms with Gasteiger partial charge in [0.2, 0.25) is 0 Å². The van der Waals surface area contributed by atoms with Crippen molar-refractivity contribution in [1.82, 2.24) is 20.1 Å². The number of hydrogen-bond acceptors (Lipinski definition) is 5. The van der Waals surface area contributed by atoms with Crippen molar-refractivity contribution in [2.75, 3.05) is 0 Å². The molecule has 0 radical (unpaired) electrons. The molecule has 1 amide bonds. The van der Waals surface area contributed by atoms with Gasteiger partial charge in [0.25, 0.3) is 5.91 Å². The first-order valence-corrected chi connectivity index (χ1v) is 7.54. The third-order valence-corrected chi connectivity index (χ3v) is 3.61. The molecular weight excluding hydrogens is 396 g/mol. The number of alkyl halides is 6. The van der Waals surface area contributed by atoms with Crippen molar-refractivity contribution < 1.29 is 36.3 Å². The van der Waals surface area contributed by atoms with Gasteiger partial charge in [0.1, 0.15) is 6.33 Å². The van der Waals surface area contributed by atoms with Crippen molar-refractivity contribution >= 4 is 11.7 Å². The van der Waals surface area contributed by atoms with Gasteiger partial charge in [-0.2, -0.15) is 36.1 Å². The Labute approximate surface area is 153 Å². The molecule has 7 nitrogen and oxygen atoms in total. The molecule has 1 unspecified atom stereocenters. The van der Waals surface area contributed by atoms with E-state index in [1.54, 1.807) is 0 Å². The molecule has 0 saturated carbocycles. The maximum atomic E-state index is 12.9. The van der Waals surface area contributed by atoms with Gasteiger partial charge < -0.3 is 10.5 Å². The molecular formula is C15H13F6N5O2. The van der Waals surface area contributed by atoms with E-state index in [-0.39, 0.29) is 17.7 Å². The van der Waals surface area contributed by atoms with Gasteiger partial charge in [-0.15, -0.1) is 0 Å². The standard InChI is InChI=1S/C15H13F6N5O2/c1-7(12-22-6-23-26(12)8(2)25-28)24-13(27)9-3-10(14(16,17)18)5-11(4-9)15(19,20)21/h3-7,28H,1-2H3,(H,24,27)/b25-8-. The van der Waals surface area contributed by atoms with E-state index in [2.05, 4.69) is 20.6 Å². The van der Waals surface area contributed by atoms with Crippen molar-refractivity contribution in [3.63, 3.8) is 0 Å². The predicted molar refractivity (Wildman–Crippen MR) is 82.6 cm³/mol. The second-order valence-electron chi connectivity index (χ2n) is 5.67. The van der Waals surface area contributed by atoms with Crippen LogP contribution in [0.2, 0.25) is 0 Å². The molecule has 0 aliphatic heterocycles. The SMILES string of the molecule is C/C(=N/O)n1ncnc1C(C)NC(=O)c1cc(C(F)(F)F)cc(C(F)(F)F)c1. The molecule has 0 bridgehead atoms. The Hall–Kier alpha value is -3.12. The largest absolute Gasteiger partial charge is 0.416 e. The molecule has 0 aliphatic carbocycles. The molecule has 0 fully saturated rings. The highest BCUT2D eigenvalue weighted by molar-refractivity contribution is 5.95. The number of oxime groups is 1. The minimum atomic E-state index is -5.07. The Morgan fingerprint density at radius 3 is 2.14 bits per heavy atom. The Balaban J connectivity index is 2.38. The Morgan fingerprint density at radius 2 is 1.68 bits per heavy atom. The summed E-state index contributed by atoms with van der Waals surface area (Å²) >= 11 is 0. The number of nitrogens with one attached hydrogen (secondary N) is 1. The van der Waals surface area contributed by atoms with E-state index in [0.717, 1.165) is 11.0 Å². The number of carbonyl (C=O) groups is 1. The van der Waals surface area contributed by atoms with Gasteiger partial charge in [-0.05, 0) is 32.0 Å². The van der Waals surface area contributed by atoms with Crippen LogP contribution in [0.4, 0.5) is 26.3 Å². The number of rotatable bonds is 3. The summed E-state index contributed by atoms with van der Waals surface area (Å²) in [6, 6.07) is -0.404. The number of amides is 1. The molecule has 1 aromatic heterocycles. The maximum absolute atomic E-state index is 12.9. The van der Waals surface area contributed by atoms with Gasteiger partial charge in [0.05, 0.1) is 17.2 Å². The molecule has 0 spiro atoms. The van der Waals surface area contributed by atoms with Gasteiger partial charge in [-0.1, -0.05) is 5.16 Å². The molecule has 2 rings (SSSR count). The van der Waals surface area contributed by atoms with Gasteiger partial charge in [0.15, 0.2) is 11.7 Å². The molecule has 1 aromatic carbocycles. The highest BCUT2D eigenvalue weighted by Crippen LogP contribution is 2.36. The average Bonchev–Trinajstić information content (AvgIpc) is 3.09. The third kappa shape index (κ3) is 4.58. The number of aromatic nitrogens is 3. The number of hydrogen-bond donors (Lipinski definition) is 2. The van der Waals surface area contributed by atoms with Crippen LogP contribution in [0.3, 0.4) is 0 Å². The van der Waals surface area contributed by atoms with Gasteiger partial charge in [-0.25, -0.2) is 4.98 Å². The molecule has 2 N–H and O–H groups in total. The smallest absolute Gasteiger partial charge is 0.409 e. The normalized spacial score (nSPS) is 14.1. The third-order valence-electron chi connectivity index (χ3n) is 3.61. The van der Waals surface area contributed by atoms with Crippen LogP contribution in [0.25, 0.3) is 0 Å². The van der Waals surface area contributed by atoms with E-state index in [9.17, 15) is 31.1 Å². The zero-order chi connectivity index (χ0) is 21.3. The lowest BCUT2D eigenvalue weighted by Gasteiger charge is -2.16. The Bertz CT molecular complexity index is 871. The minimum Gasteiger partial charge on any atom is -0.409 e. The van der Waals surface area contributed by atoms with Crippen LogP contribution in [0, 0.1) is 0 Å². The summed E-state index contributed by atoms with van der Waals surface area (Å²) in [5.41, 5.74) is -4.04. The van der Waals surface area contributed by atoms with Crippen LogP contribution in [-0.2, 0) is 12.4 Å². The number of nitrogens with zero attached hydrogens (tertiary/aromatic N) is 4. The zero-order valence-corrected chi connectivity index (χ0v) is 14.3. The zero-order valence-electron chi connectivity index (χ0n) is 14.3. The summed E-state index contributed by atoms with van der Waals surface area (Å²) in [4.78, 5) is 16.1. The first kappa shape index (κ1) is 21.2. The van der Waals surface area contributed by atoms with E-state index in [1.807, 2.05) is 0 Å². The van der Waals surface area contributed by atoms with Crippen molar-refractivity contribution in [3.05, 3.63) is 47.0 Å². The first-order chi connectivity index (χ1) is 12.8. The molecule has 152 valence electrons. The van der Waals surface area contributed by atoms with E-state index in [1.165, 1.54) is 13.8 Å². The second kappa shape index (κ2) is 7.48. The Kier molecular flexibility index (Phi) is 5.66. The molecule has 1 atom stereocenters. The predicted octanol–water partition coefficient (Wildman–Crippen LogP) is 3.46. The van der Waals surface area contributed by atoms with E-state index < -0.39 is 41.0 Å². The molecule has 2 aromatic rings. The fourth-order valence-corrected chi connectivity index (χ4v) is 2.27. The van der Waals surface area contributed by atoms with Crippen molar-refractivity contribution in [3.8, 4) is 0 Å². The lowest BCUT2D eigenvalue weighted by Crippen LogP contribution is -2.30. The number of carbonyl (C=O) groups excluding carboxylic acids is 1. The topological polar surface area (TPSA) is 92.4 Å². The molecule has 1 heterocycles. The van der Waals surface area contributed by atoms with Gasteiger partial charge >= 0.3 is 12.4 Å². The summed E-state index contributed by atoms with van der Waals surface area (Å²) < 4.78 is 78.5. The summed E-state index contributed by atoms with van der Waals surface area (Å²) in [6.45, 7) is 2.73. The second-order valence-corrected chi connectivity index (χ2v) is 5.67. The van der Waals surface area contributed by atoms with Crippen LogP contribution >= 0.6 is 0 Å². The fraction of sp³-hybridized carbons (Fsp3) is 0.333. The summed E-state index contributed by atoms with van der Waals surface area (Å²) in [6.07, 6.45) is -9.08. The number of benzene rings is 1. The van der Waals surface area contributed by atoms with Crippen molar-refractivity contribution in [2.24, 2.45) is 5.16 Å². The Morgan fingerprint density at radius 1 is 1.14 bits per heavy atom. The van der Waals surface area contributed by atoms with Crippen LogP contribution in [0.15, 0.2) is 29.7 Å². The highest BCUT2D eigenvalue weighted by atomic mass is 19.4. The molecule has 28 heavy (non-hydrogen) atoms. The van der Waals surface area contributed by atoms with E-state index >= 15 is 0 Å². The lowest BCUT2D eigenvalue weighted by atomic mass is 10.0. The minimum absolute atomic E-state index is 0.0213. The summed E-state index contributed by atoms with van der Waals surface area (Å²) in [5, 5.41) is 17.7. The average molecular weight is 409 g/mol. The highest BCUT2D eigenvalue weighted by Gasteiger charge is 2.37. The lowest BCUT2D eigenvalue weighted by molar-refractivity contribution is -0.143. The van der Waals surface area contributed by atoms with E-state index in [4.69, 9.17) is 5.21 Å². The van der Waals surface area contributed by atoms with Crippen LogP contribution in [-0.4, -0.2) is 31.7 Å². The monoisotopic (exact) mass is 409 g/mol. The van der Waals surface area contributed by atoms with Crippen LogP contribution in [0.5, 0.6) is 0 Å². The molecule has 0 saturated heterocycles. The fourth-order valence-electron chi connectivity index (χ4n) is 2.27. The quantitative estimate of drug-likeness (QED) is 0.267. The van der Waals surface area contributed by atoms with Crippen LogP contribution < -0.4 is 5.32 Å². The van der Waals surface area contributed by atoms with Crippen molar-refractivity contribution in [1.29, 1.82) is 0 Å². The summed E-state index contributed by atoms with van der Waals surface area (Å²) in [5.74, 6) is -1.16. The number of halogens is 6. The van der Waals surface area contributed by atoms with Crippen molar-refractivity contribution in [2.45, 2.75) is 32.2 Å². The van der Waals surface area contributed by atoms with Gasteiger partial charge in [0, 0.05) is 5.56 Å². The van der Waals surface area contributed by atoms with E-state index in [0.29, 0.717) is 12.1 Å². The van der Waals surface area contributed by atoms with Gasteiger partial charge in [-0.3, -0.25) is 4.79 Å². The molecule has 0 aliphatic rings. The first-order valence-electron chi connectivity index (χ1n) is 7.54. The van der Waals surface area contributed by atoms with Crippen LogP contribution in [0.1, 0.15) is 47.2 Å². The summed E-state index contributed by atoms with van der Waals surface area (Å²) in [7, 11) is 0. The molecule has 13 heteroatoms.